The van der Waals surface area contributed by atoms with Gasteiger partial charge >= 0.3 is 0 Å². The summed E-state index contributed by atoms with van der Waals surface area (Å²) >= 11 is 0. The number of benzene rings is 2. The lowest BCUT2D eigenvalue weighted by atomic mass is 10.00. The largest absolute Gasteiger partial charge is 0.380 e. The van der Waals surface area contributed by atoms with Gasteiger partial charge in [0, 0.05) is 5.56 Å². The van der Waals surface area contributed by atoms with Gasteiger partial charge in [0.2, 0.25) is 0 Å². The van der Waals surface area contributed by atoms with E-state index in [0.717, 1.165) is 22.5 Å². The van der Waals surface area contributed by atoms with Crippen LogP contribution in [0.5, 0.6) is 0 Å². The number of anilines is 1. The standard InChI is InChI=1S/C17H16N2O/c1-11-6-8-13(9-7-11)15-16(20-19-17(15)18)14-5-3-4-12(2)10-14/h3-10H,1-2H3,(H2,18,19). The average molecular weight is 264 g/mol. The van der Waals surface area contributed by atoms with Gasteiger partial charge in [-0.3, -0.25) is 0 Å². The van der Waals surface area contributed by atoms with Crippen LogP contribution in [0.25, 0.3) is 22.5 Å². The van der Waals surface area contributed by atoms with Crippen molar-refractivity contribution in [3.8, 4) is 22.5 Å². The summed E-state index contributed by atoms with van der Waals surface area (Å²) in [6.07, 6.45) is 0. The summed E-state index contributed by atoms with van der Waals surface area (Å²) in [5, 5.41) is 3.92. The molecule has 0 atom stereocenters. The number of nitrogens with zero attached hydrogens (tertiary/aromatic N) is 1. The molecule has 0 aliphatic heterocycles. The van der Waals surface area contributed by atoms with Crippen molar-refractivity contribution < 1.29 is 4.52 Å². The Hall–Kier alpha value is -2.55. The van der Waals surface area contributed by atoms with E-state index in [2.05, 4.69) is 43.3 Å². The molecule has 0 spiro atoms. The van der Waals surface area contributed by atoms with E-state index in [1.807, 2.05) is 24.3 Å². The average Bonchev–Trinajstić information content (AvgIpc) is 2.82. The molecule has 0 saturated heterocycles. The highest BCUT2D eigenvalue weighted by Gasteiger charge is 2.17. The maximum atomic E-state index is 5.98. The van der Waals surface area contributed by atoms with E-state index >= 15 is 0 Å². The molecule has 0 amide bonds. The number of nitrogen functional groups attached to an aromatic ring is 1. The molecule has 3 heteroatoms. The highest BCUT2D eigenvalue weighted by atomic mass is 16.5. The van der Waals surface area contributed by atoms with Crippen LogP contribution in [0.1, 0.15) is 11.1 Å². The van der Waals surface area contributed by atoms with Gasteiger partial charge in [-0.2, -0.15) is 0 Å². The van der Waals surface area contributed by atoms with Crippen molar-refractivity contribution in [2.75, 3.05) is 5.73 Å². The third kappa shape index (κ3) is 2.18. The Morgan fingerprint density at radius 3 is 2.35 bits per heavy atom. The SMILES string of the molecule is Cc1ccc(-c2c(N)noc2-c2cccc(C)c2)cc1. The van der Waals surface area contributed by atoms with Gasteiger partial charge in [-0.1, -0.05) is 58.7 Å². The van der Waals surface area contributed by atoms with Crippen molar-refractivity contribution in [1.29, 1.82) is 0 Å². The predicted octanol–water partition coefficient (Wildman–Crippen LogP) is 4.21. The molecule has 3 rings (SSSR count). The minimum Gasteiger partial charge on any atom is -0.380 e. The van der Waals surface area contributed by atoms with Gasteiger partial charge in [0.1, 0.15) is 0 Å². The molecular formula is C17H16N2O. The van der Waals surface area contributed by atoms with Gasteiger partial charge in [-0.25, -0.2) is 0 Å². The third-order valence-electron chi connectivity index (χ3n) is 3.34. The van der Waals surface area contributed by atoms with Crippen LogP contribution in [0, 0.1) is 13.8 Å². The van der Waals surface area contributed by atoms with Crippen LogP contribution in [0.3, 0.4) is 0 Å². The van der Waals surface area contributed by atoms with Crippen molar-refractivity contribution in [1.82, 2.24) is 5.16 Å². The van der Waals surface area contributed by atoms with Crippen molar-refractivity contribution in [2.45, 2.75) is 13.8 Å². The Labute approximate surface area is 118 Å². The first-order chi connectivity index (χ1) is 9.65. The molecule has 0 unspecified atom stereocenters. The highest BCUT2D eigenvalue weighted by Crippen LogP contribution is 2.36. The molecule has 0 radical (unpaired) electrons. The number of nitrogens with two attached hydrogens (primary N) is 1. The Morgan fingerprint density at radius 1 is 0.900 bits per heavy atom. The fraction of sp³-hybridized carbons (Fsp3) is 0.118. The van der Waals surface area contributed by atoms with Gasteiger partial charge in [0.05, 0.1) is 5.56 Å². The third-order valence-corrected chi connectivity index (χ3v) is 3.34. The van der Waals surface area contributed by atoms with Crippen LogP contribution in [0.15, 0.2) is 53.1 Å². The summed E-state index contributed by atoms with van der Waals surface area (Å²) in [7, 11) is 0. The highest BCUT2D eigenvalue weighted by molar-refractivity contribution is 5.86. The van der Waals surface area contributed by atoms with Crippen LogP contribution in [0.2, 0.25) is 0 Å². The molecule has 20 heavy (non-hydrogen) atoms. The Balaban J connectivity index is 2.17. The monoisotopic (exact) mass is 264 g/mol. The Morgan fingerprint density at radius 2 is 1.65 bits per heavy atom. The molecule has 3 aromatic rings. The normalized spacial score (nSPS) is 10.7. The molecule has 0 saturated carbocycles. The molecule has 3 nitrogen and oxygen atoms in total. The first-order valence-electron chi connectivity index (χ1n) is 6.54. The molecule has 1 heterocycles. The lowest BCUT2D eigenvalue weighted by molar-refractivity contribution is 0.436. The summed E-state index contributed by atoms with van der Waals surface area (Å²) in [6, 6.07) is 16.3. The van der Waals surface area contributed by atoms with Crippen LogP contribution in [0.4, 0.5) is 5.82 Å². The van der Waals surface area contributed by atoms with E-state index in [1.165, 1.54) is 11.1 Å². The first-order valence-corrected chi connectivity index (χ1v) is 6.54. The summed E-state index contributed by atoms with van der Waals surface area (Å²) in [5.41, 5.74) is 11.2. The Kier molecular flexibility index (Phi) is 3.03. The van der Waals surface area contributed by atoms with Crippen LogP contribution in [-0.4, -0.2) is 5.16 Å². The zero-order valence-electron chi connectivity index (χ0n) is 11.6. The second kappa shape index (κ2) is 4.85. The van der Waals surface area contributed by atoms with Crippen LogP contribution < -0.4 is 5.73 Å². The smallest absolute Gasteiger partial charge is 0.176 e. The molecule has 0 aliphatic carbocycles. The quantitative estimate of drug-likeness (QED) is 0.754. The molecule has 0 fully saturated rings. The minimum absolute atomic E-state index is 0.422. The van der Waals surface area contributed by atoms with Crippen molar-refractivity contribution >= 4 is 5.82 Å². The molecule has 0 bridgehead atoms. The fourth-order valence-corrected chi connectivity index (χ4v) is 2.28. The lowest BCUT2D eigenvalue weighted by Gasteiger charge is -2.04. The van der Waals surface area contributed by atoms with Crippen molar-refractivity contribution in [3.05, 3.63) is 59.7 Å². The number of rotatable bonds is 2. The maximum absolute atomic E-state index is 5.98. The van der Waals surface area contributed by atoms with E-state index in [9.17, 15) is 0 Å². The van der Waals surface area contributed by atoms with Gasteiger partial charge < -0.3 is 10.3 Å². The summed E-state index contributed by atoms with van der Waals surface area (Å²) < 4.78 is 5.45. The molecule has 0 aliphatic rings. The minimum atomic E-state index is 0.422. The van der Waals surface area contributed by atoms with E-state index in [0.29, 0.717) is 5.82 Å². The molecular weight excluding hydrogens is 248 g/mol. The summed E-state index contributed by atoms with van der Waals surface area (Å²) in [5.74, 6) is 1.14. The second-order valence-electron chi connectivity index (χ2n) is 5.01. The maximum Gasteiger partial charge on any atom is 0.176 e. The van der Waals surface area contributed by atoms with Crippen LogP contribution in [-0.2, 0) is 0 Å². The van der Waals surface area contributed by atoms with E-state index in [1.54, 1.807) is 0 Å². The van der Waals surface area contributed by atoms with E-state index in [4.69, 9.17) is 10.3 Å². The first kappa shape index (κ1) is 12.5. The Bertz CT molecular complexity index is 742. The number of aryl methyl sites for hydroxylation is 2. The van der Waals surface area contributed by atoms with Gasteiger partial charge in [0.15, 0.2) is 11.6 Å². The van der Waals surface area contributed by atoms with Gasteiger partial charge in [0.25, 0.3) is 0 Å². The predicted molar refractivity (Wildman–Crippen MR) is 81.3 cm³/mol. The van der Waals surface area contributed by atoms with Crippen molar-refractivity contribution in [3.63, 3.8) is 0 Å². The molecule has 2 aromatic carbocycles. The fourth-order valence-electron chi connectivity index (χ4n) is 2.28. The second-order valence-corrected chi connectivity index (χ2v) is 5.01. The van der Waals surface area contributed by atoms with Gasteiger partial charge in [-0.15, -0.1) is 0 Å². The molecule has 100 valence electrons. The summed E-state index contributed by atoms with van der Waals surface area (Å²) in [6.45, 7) is 4.11. The molecule has 1 aromatic heterocycles. The molecule has 2 N–H and O–H groups in total. The zero-order chi connectivity index (χ0) is 14.1. The van der Waals surface area contributed by atoms with Gasteiger partial charge in [-0.05, 0) is 25.5 Å². The van der Waals surface area contributed by atoms with Crippen molar-refractivity contribution in [2.24, 2.45) is 0 Å². The van der Waals surface area contributed by atoms with E-state index in [-0.39, 0.29) is 0 Å². The van der Waals surface area contributed by atoms with Crippen LogP contribution >= 0.6 is 0 Å². The number of hydrogen-bond acceptors (Lipinski definition) is 3. The topological polar surface area (TPSA) is 52.0 Å². The zero-order valence-corrected chi connectivity index (χ0v) is 11.6. The lowest BCUT2D eigenvalue weighted by Crippen LogP contribution is -1.89. The summed E-state index contributed by atoms with van der Waals surface area (Å²) in [4.78, 5) is 0. The number of aromatic nitrogens is 1. The number of hydrogen-bond donors (Lipinski definition) is 1. The van der Waals surface area contributed by atoms with E-state index < -0.39 is 0 Å².